The smallest absolute Gasteiger partial charge is 0.321 e. The first-order chi connectivity index (χ1) is 7.18. The number of carbonyl (C=O) groups excluding carboxylic acids is 1. The Labute approximate surface area is 107 Å². The van der Waals surface area contributed by atoms with Crippen molar-refractivity contribution < 1.29 is 4.79 Å². The SMILES string of the molecule is O=C1NCCCN1c1ccc(I)cc1Cl. The van der Waals surface area contributed by atoms with Gasteiger partial charge in [0.2, 0.25) is 0 Å². The van der Waals surface area contributed by atoms with E-state index in [4.69, 9.17) is 11.6 Å². The first-order valence-corrected chi connectivity index (χ1v) is 6.14. The maximum absolute atomic E-state index is 11.6. The molecule has 0 radical (unpaired) electrons. The van der Waals surface area contributed by atoms with Crippen molar-refractivity contribution in [2.75, 3.05) is 18.0 Å². The van der Waals surface area contributed by atoms with E-state index in [9.17, 15) is 4.79 Å². The van der Waals surface area contributed by atoms with Gasteiger partial charge in [-0.3, -0.25) is 4.90 Å². The highest BCUT2D eigenvalue weighted by Gasteiger charge is 2.20. The highest BCUT2D eigenvalue weighted by molar-refractivity contribution is 14.1. The van der Waals surface area contributed by atoms with Crippen molar-refractivity contribution in [3.05, 3.63) is 26.8 Å². The number of amides is 2. The maximum atomic E-state index is 11.6. The van der Waals surface area contributed by atoms with Crippen LogP contribution in [0.1, 0.15) is 6.42 Å². The van der Waals surface area contributed by atoms with Gasteiger partial charge in [-0.25, -0.2) is 4.79 Å². The van der Waals surface area contributed by atoms with E-state index in [1.165, 1.54) is 0 Å². The van der Waals surface area contributed by atoms with Gasteiger partial charge in [-0.15, -0.1) is 0 Å². The predicted molar refractivity (Wildman–Crippen MR) is 69.5 cm³/mol. The van der Waals surface area contributed by atoms with E-state index in [0.717, 1.165) is 28.8 Å². The van der Waals surface area contributed by atoms with Crippen molar-refractivity contribution in [1.29, 1.82) is 0 Å². The van der Waals surface area contributed by atoms with Crippen LogP contribution in [-0.2, 0) is 0 Å². The topological polar surface area (TPSA) is 32.3 Å². The molecular formula is C10H10ClIN2O. The molecule has 1 heterocycles. The van der Waals surface area contributed by atoms with Gasteiger partial charge in [0.25, 0.3) is 0 Å². The molecule has 15 heavy (non-hydrogen) atoms. The zero-order valence-electron chi connectivity index (χ0n) is 7.96. The van der Waals surface area contributed by atoms with Crippen LogP contribution in [0.2, 0.25) is 5.02 Å². The van der Waals surface area contributed by atoms with Crippen LogP contribution in [0.3, 0.4) is 0 Å². The summed E-state index contributed by atoms with van der Waals surface area (Å²) in [4.78, 5) is 13.3. The Morgan fingerprint density at radius 1 is 1.47 bits per heavy atom. The van der Waals surface area contributed by atoms with Gasteiger partial charge in [0.1, 0.15) is 0 Å². The zero-order valence-corrected chi connectivity index (χ0v) is 10.9. The van der Waals surface area contributed by atoms with E-state index in [2.05, 4.69) is 27.9 Å². The monoisotopic (exact) mass is 336 g/mol. The molecule has 5 heteroatoms. The molecule has 1 aliphatic rings. The summed E-state index contributed by atoms with van der Waals surface area (Å²) in [5, 5.41) is 3.42. The molecule has 3 nitrogen and oxygen atoms in total. The number of nitrogens with one attached hydrogen (secondary N) is 1. The van der Waals surface area contributed by atoms with Crippen LogP contribution >= 0.6 is 34.2 Å². The lowest BCUT2D eigenvalue weighted by atomic mass is 10.2. The first kappa shape index (κ1) is 11.0. The molecule has 1 N–H and O–H groups in total. The van der Waals surface area contributed by atoms with Gasteiger partial charge in [-0.1, -0.05) is 11.6 Å². The third kappa shape index (κ3) is 2.36. The molecule has 0 saturated carbocycles. The number of halogens is 2. The van der Waals surface area contributed by atoms with Gasteiger partial charge in [0.05, 0.1) is 10.7 Å². The molecular weight excluding hydrogens is 326 g/mol. The lowest BCUT2D eigenvalue weighted by Crippen LogP contribution is -2.46. The molecule has 1 aromatic rings. The van der Waals surface area contributed by atoms with Gasteiger partial charge in [-0.2, -0.15) is 0 Å². The van der Waals surface area contributed by atoms with E-state index >= 15 is 0 Å². The standard InChI is InChI=1S/C10H10ClIN2O/c11-8-6-7(12)2-3-9(8)14-5-1-4-13-10(14)15/h2-3,6H,1,4-5H2,(H,13,15). The largest absolute Gasteiger partial charge is 0.338 e. The van der Waals surface area contributed by atoms with Crippen LogP contribution in [-0.4, -0.2) is 19.1 Å². The van der Waals surface area contributed by atoms with E-state index in [1.54, 1.807) is 4.90 Å². The third-order valence-corrected chi connectivity index (χ3v) is 3.25. The van der Waals surface area contributed by atoms with E-state index in [0.29, 0.717) is 5.02 Å². The molecule has 1 fully saturated rings. The van der Waals surface area contributed by atoms with Crippen LogP contribution < -0.4 is 10.2 Å². The van der Waals surface area contributed by atoms with Crippen LogP contribution in [0, 0.1) is 3.57 Å². The van der Waals surface area contributed by atoms with Crippen LogP contribution in [0.5, 0.6) is 0 Å². The van der Waals surface area contributed by atoms with Gasteiger partial charge in [-0.05, 0) is 47.2 Å². The summed E-state index contributed by atoms with van der Waals surface area (Å²) < 4.78 is 1.07. The maximum Gasteiger partial charge on any atom is 0.321 e. The predicted octanol–water partition coefficient (Wildman–Crippen LogP) is 2.86. The second-order valence-electron chi connectivity index (χ2n) is 3.33. The van der Waals surface area contributed by atoms with Crippen LogP contribution in [0.25, 0.3) is 0 Å². The molecule has 1 aromatic carbocycles. The number of urea groups is 1. The van der Waals surface area contributed by atoms with Crippen molar-refractivity contribution in [2.24, 2.45) is 0 Å². The van der Waals surface area contributed by atoms with Gasteiger partial charge >= 0.3 is 6.03 Å². The number of hydrogen-bond donors (Lipinski definition) is 1. The number of anilines is 1. The number of rotatable bonds is 1. The van der Waals surface area contributed by atoms with Crippen molar-refractivity contribution >= 4 is 45.9 Å². The lowest BCUT2D eigenvalue weighted by Gasteiger charge is -2.28. The van der Waals surface area contributed by atoms with Gasteiger partial charge in [0, 0.05) is 16.7 Å². The first-order valence-electron chi connectivity index (χ1n) is 4.69. The molecule has 0 aliphatic carbocycles. The van der Waals surface area contributed by atoms with Crippen molar-refractivity contribution in [2.45, 2.75) is 6.42 Å². The minimum atomic E-state index is -0.0654. The van der Waals surface area contributed by atoms with Gasteiger partial charge in [0.15, 0.2) is 0 Å². The molecule has 2 amide bonds. The zero-order chi connectivity index (χ0) is 10.8. The number of hydrogen-bond acceptors (Lipinski definition) is 1. The average Bonchev–Trinajstić information content (AvgIpc) is 2.20. The third-order valence-electron chi connectivity index (χ3n) is 2.28. The van der Waals surface area contributed by atoms with Gasteiger partial charge < -0.3 is 5.32 Å². The second-order valence-corrected chi connectivity index (χ2v) is 4.99. The number of carbonyl (C=O) groups is 1. The lowest BCUT2D eigenvalue weighted by molar-refractivity contribution is 0.243. The average molecular weight is 337 g/mol. The molecule has 0 aromatic heterocycles. The Morgan fingerprint density at radius 2 is 2.27 bits per heavy atom. The minimum Gasteiger partial charge on any atom is -0.338 e. The molecule has 0 atom stereocenters. The van der Waals surface area contributed by atoms with Crippen molar-refractivity contribution in [3.8, 4) is 0 Å². The molecule has 1 aliphatic heterocycles. The molecule has 80 valence electrons. The summed E-state index contributed by atoms with van der Waals surface area (Å²) in [6.45, 7) is 1.48. The summed E-state index contributed by atoms with van der Waals surface area (Å²) in [7, 11) is 0. The molecule has 0 bridgehead atoms. The highest BCUT2D eigenvalue weighted by atomic mass is 127. The van der Waals surface area contributed by atoms with E-state index in [-0.39, 0.29) is 6.03 Å². The highest BCUT2D eigenvalue weighted by Crippen LogP contribution is 2.28. The second kappa shape index (κ2) is 4.57. The van der Waals surface area contributed by atoms with Crippen molar-refractivity contribution in [1.82, 2.24) is 5.32 Å². The number of nitrogens with zero attached hydrogens (tertiary/aromatic N) is 1. The quantitative estimate of drug-likeness (QED) is 0.786. The summed E-state index contributed by atoms with van der Waals surface area (Å²) in [5.74, 6) is 0. The summed E-state index contributed by atoms with van der Waals surface area (Å²) in [5.41, 5.74) is 0.786. The molecule has 0 unspecified atom stereocenters. The van der Waals surface area contributed by atoms with Crippen molar-refractivity contribution in [3.63, 3.8) is 0 Å². The fraction of sp³-hybridized carbons (Fsp3) is 0.300. The Bertz CT molecular complexity index is 397. The molecule has 2 rings (SSSR count). The Kier molecular flexibility index (Phi) is 3.35. The van der Waals surface area contributed by atoms with Crippen LogP contribution in [0.15, 0.2) is 18.2 Å². The Balaban J connectivity index is 2.31. The molecule has 1 saturated heterocycles. The normalized spacial score (nSPS) is 16.4. The number of benzene rings is 1. The van der Waals surface area contributed by atoms with Crippen LogP contribution in [0.4, 0.5) is 10.5 Å². The van der Waals surface area contributed by atoms with E-state index in [1.807, 2.05) is 18.2 Å². The Hall–Kier alpha value is -0.490. The fourth-order valence-corrected chi connectivity index (χ4v) is 2.52. The molecule has 0 spiro atoms. The summed E-state index contributed by atoms with van der Waals surface area (Å²) >= 11 is 8.30. The summed E-state index contributed by atoms with van der Waals surface area (Å²) in [6, 6.07) is 5.63. The summed E-state index contributed by atoms with van der Waals surface area (Å²) in [6.07, 6.45) is 0.952. The van der Waals surface area contributed by atoms with E-state index < -0.39 is 0 Å². The minimum absolute atomic E-state index is 0.0654. The fourth-order valence-electron chi connectivity index (χ4n) is 1.56. The Morgan fingerprint density at radius 3 is 2.93 bits per heavy atom.